The molecule has 0 aliphatic heterocycles. The van der Waals surface area contributed by atoms with Crippen molar-refractivity contribution in [1.29, 1.82) is 0 Å². The first kappa shape index (κ1) is 12.5. The molecule has 1 aromatic carbocycles. The molecule has 1 unspecified atom stereocenters. The van der Waals surface area contributed by atoms with Gasteiger partial charge in [0.05, 0.1) is 0 Å². The van der Waals surface area contributed by atoms with Crippen LogP contribution < -0.4 is 11.5 Å². The highest BCUT2D eigenvalue weighted by molar-refractivity contribution is 5.75. The zero-order valence-corrected chi connectivity index (χ0v) is 9.64. The Kier molecular flexibility index (Phi) is 4.31. The van der Waals surface area contributed by atoms with Gasteiger partial charge in [0.1, 0.15) is 12.6 Å². The zero-order chi connectivity index (χ0) is 12.1. The number of anilines is 1. The van der Waals surface area contributed by atoms with Gasteiger partial charge in [-0.1, -0.05) is 32.0 Å². The van der Waals surface area contributed by atoms with Gasteiger partial charge >= 0.3 is 5.97 Å². The van der Waals surface area contributed by atoms with Crippen LogP contribution in [-0.2, 0) is 16.1 Å². The molecule has 4 nitrogen and oxygen atoms in total. The molecule has 1 rings (SSSR count). The normalized spacial score (nSPS) is 12.5. The van der Waals surface area contributed by atoms with Crippen LogP contribution in [-0.4, -0.2) is 12.0 Å². The largest absolute Gasteiger partial charge is 0.460 e. The lowest BCUT2D eigenvalue weighted by atomic mass is 10.1. The highest BCUT2D eigenvalue weighted by atomic mass is 16.5. The Morgan fingerprint density at radius 3 is 2.56 bits per heavy atom. The molecule has 88 valence electrons. The molecule has 16 heavy (non-hydrogen) atoms. The molecule has 0 aromatic heterocycles. The number of carbonyl (C=O) groups excluding carboxylic acids is 1. The SMILES string of the molecule is CC(C)C(N)C(=O)OCc1ccccc1N. The fraction of sp³-hybridized carbons (Fsp3) is 0.417. The van der Waals surface area contributed by atoms with Crippen molar-refractivity contribution in [3.8, 4) is 0 Å². The molecule has 1 aromatic rings. The van der Waals surface area contributed by atoms with Gasteiger partial charge in [0.15, 0.2) is 0 Å². The molecule has 0 radical (unpaired) electrons. The van der Waals surface area contributed by atoms with E-state index in [0.717, 1.165) is 5.56 Å². The number of hydrogen-bond donors (Lipinski definition) is 2. The second-order valence-electron chi connectivity index (χ2n) is 4.08. The van der Waals surface area contributed by atoms with E-state index < -0.39 is 12.0 Å². The van der Waals surface area contributed by atoms with Crippen molar-refractivity contribution < 1.29 is 9.53 Å². The molecule has 0 amide bonds. The molecular weight excluding hydrogens is 204 g/mol. The van der Waals surface area contributed by atoms with E-state index in [0.29, 0.717) is 5.69 Å². The van der Waals surface area contributed by atoms with Crippen molar-refractivity contribution in [2.75, 3.05) is 5.73 Å². The molecule has 4 heteroatoms. The summed E-state index contributed by atoms with van der Waals surface area (Å²) in [6, 6.07) is 6.70. The minimum atomic E-state index is -0.579. The summed E-state index contributed by atoms with van der Waals surface area (Å²) in [5.74, 6) is -0.320. The summed E-state index contributed by atoms with van der Waals surface area (Å²) in [5.41, 5.74) is 12.8. The number of hydrogen-bond acceptors (Lipinski definition) is 4. The fourth-order valence-corrected chi connectivity index (χ4v) is 1.18. The summed E-state index contributed by atoms with van der Waals surface area (Å²) in [6.45, 7) is 3.93. The second-order valence-corrected chi connectivity index (χ2v) is 4.08. The van der Waals surface area contributed by atoms with E-state index in [4.69, 9.17) is 16.2 Å². The van der Waals surface area contributed by atoms with E-state index >= 15 is 0 Å². The molecule has 0 saturated carbocycles. The van der Waals surface area contributed by atoms with E-state index in [1.807, 2.05) is 32.0 Å². The first-order valence-electron chi connectivity index (χ1n) is 5.28. The first-order chi connectivity index (χ1) is 7.52. The fourth-order valence-electron chi connectivity index (χ4n) is 1.18. The number of para-hydroxylation sites is 1. The van der Waals surface area contributed by atoms with E-state index in [2.05, 4.69) is 0 Å². The molecule has 0 aliphatic carbocycles. The van der Waals surface area contributed by atoms with Crippen LogP contribution in [0, 0.1) is 5.92 Å². The van der Waals surface area contributed by atoms with Crippen molar-refractivity contribution in [2.24, 2.45) is 11.7 Å². The maximum absolute atomic E-state index is 11.5. The number of esters is 1. The van der Waals surface area contributed by atoms with Crippen molar-refractivity contribution in [3.05, 3.63) is 29.8 Å². The Hall–Kier alpha value is -1.55. The first-order valence-corrected chi connectivity index (χ1v) is 5.28. The number of rotatable bonds is 4. The van der Waals surface area contributed by atoms with Gasteiger partial charge in [-0.15, -0.1) is 0 Å². The quantitative estimate of drug-likeness (QED) is 0.594. The Bertz CT molecular complexity index is 364. The van der Waals surface area contributed by atoms with Crippen LogP contribution in [0.3, 0.4) is 0 Å². The van der Waals surface area contributed by atoms with Crippen molar-refractivity contribution >= 4 is 11.7 Å². The standard InChI is InChI=1S/C12H18N2O2/c1-8(2)11(14)12(15)16-7-9-5-3-4-6-10(9)13/h3-6,8,11H,7,13-14H2,1-2H3. The molecule has 0 heterocycles. The second kappa shape index (κ2) is 5.51. The van der Waals surface area contributed by atoms with Crippen LogP contribution in [0.2, 0.25) is 0 Å². The molecule has 0 bridgehead atoms. The average molecular weight is 222 g/mol. The van der Waals surface area contributed by atoms with Gasteiger partial charge in [-0.3, -0.25) is 4.79 Å². The van der Waals surface area contributed by atoms with E-state index in [-0.39, 0.29) is 12.5 Å². The predicted molar refractivity (Wildman–Crippen MR) is 63.5 cm³/mol. The number of nitrogens with two attached hydrogens (primary N) is 2. The molecule has 0 saturated heterocycles. The van der Waals surface area contributed by atoms with Crippen LogP contribution in [0.1, 0.15) is 19.4 Å². The van der Waals surface area contributed by atoms with Gasteiger partial charge < -0.3 is 16.2 Å². The van der Waals surface area contributed by atoms with E-state index in [1.54, 1.807) is 6.07 Å². The minimum Gasteiger partial charge on any atom is -0.460 e. The lowest BCUT2D eigenvalue weighted by molar-refractivity contribution is -0.147. The molecule has 0 fully saturated rings. The van der Waals surface area contributed by atoms with Crippen LogP contribution in [0.4, 0.5) is 5.69 Å². The Labute approximate surface area is 95.6 Å². The lowest BCUT2D eigenvalue weighted by Crippen LogP contribution is -2.36. The van der Waals surface area contributed by atoms with Crippen LogP contribution in [0.25, 0.3) is 0 Å². The number of ether oxygens (including phenoxy) is 1. The molecule has 1 atom stereocenters. The Morgan fingerprint density at radius 2 is 2.00 bits per heavy atom. The van der Waals surface area contributed by atoms with Gasteiger partial charge in [-0.25, -0.2) is 0 Å². The maximum Gasteiger partial charge on any atom is 0.323 e. The highest BCUT2D eigenvalue weighted by Crippen LogP contribution is 2.12. The van der Waals surface area contributed by atoms with Gasteiger partial charge in [0.2, 0.25) is 0 Å². The topological polar surface area (TPSA) is 78.3 Å². The summed E-state index contributed by atoms with van der Waals surface area (Å²) < 4.78 is 5.09. The third kappa shape index (κ3) is 3.24. The molecular formula is C12H18N2O2. The van der Waals surface area contributed by atoms with Crippen LogP contribution in [0.15, 0.2) is 24.3 Å². The van der Waals surface area contributed by atoms with Crippen molar-refractivity contribution in [3.63, 3.8) is 0 Å². The summed E-state index contributed by atoms with van der Waals surface area (Å²) in [5, 5.41) is 0. The van der Waals surface area contributed by atoms with Gasteiger partial charge in [-0.05, 0) is 12.0 Å². The van der Waals surface area contributed by atoms with Gasteiger partial charge in [-0.2, -0.15) is 0 Å². The smallest absolute Gasteiger partial charge is 0.323 e. The monoisotopic (exact) mass is 222 g/mol. The Morgan fingerprint density at radius 1 is 1.38 bits per heavy atom. The molecule has 0 spiro atoms. The summed E-state index contributed by atoms with van der Waals surface area (Å²) >= 11 is 0. The maximum atomic E-state index is 11.5. The van der Waals surface area contributed by atoms with Crippen molar-refractivity contribution in [2.45, 2.75) is 26.5 Å². The van der Waals surface area contributed by atoms with E-state index in [1.165, 1.54) is 0 Å². The highest BCUT2D eigenvalue weighted by Gasteiger charge is 2.18. The summed E-state index contributed by atoms with van der Waals surface area (Å²) in [7, 11) is 0. The minimum absolute atomic E-state index is 0.0700. The predicted octanol–water partition coefficient (Wildman–Crippen LogP) is 1.30. The zero-order valence-electron chi connectivity index (χ0n) is 9.64. The Balaban J connectivity index is 2.52. The average Bonchev–Trinajstić information content (AvgIpc) is 2.26. The summed E-state index contributed by atoms with van der Waals surface area (Å²) in [4.78, 5) is 11.5. The molecule has 4 N–H and O–H groups in total. The number of benzene rings is 1. The van der Waals surface area contributed by atoms with Gasteiger partial charge in [0.25, 0.3) is 0 Å². The van der Waals surface area contributed by atoms with Crippen LogP contribution >= 0.6 is 0 Å². The van der Waals surface area contributed by atoms with E-state index in [9.17, 15) is 4.79 Å². The number of nitrogen functional groups attached to an aromatic ring is 1. The third-order valence-electron chi connectivity index (χ3n) is 2.42. The molecule has 0 aliphatic rings. The third-order valence-corrected chi connectivity index (χ3v) is 2.42. The summed E-state index contributed by atoms with van der Waals surface area (Å²) in [6.07, 6.45) is 0. The number of carbonyl (C=O) groups is 1. The lowest BCUT2D eigenvalue weighted by Gasteiger charge is -2.14. The van der Waals surface area contributed by atoms with Crippen LogP contribution in [0.5, 0.6) is 0 Å². The van der Waals surface area contributed by atoms with Crippen molar-refractivity contribution in [1.82, 2.24) is 0 Å². The van der Waals surface area contributed by atoms with Gasteiger partial charge in [0, 0.05) is 11.3 Å².